The summed E-state index contributed by atoms with van der Waals surface area (Å²) >= 11 is 0. The van der Waals surface area contributed by atoms with Crippen molar-refractivity contribution in [3.05, 3.63) is 88.0 Å². The fourth-order valence-corrected chi connectivity index (χ4v) is 6.87. The smallest absolute Gasteiger partial charge is 0.200 e. The molecule has 40 heavy (non-hydrogen) atoms. The van der Waals surface area contributed by atoms with Gasteiger partial charge in [-0.05, 0) is 112 Å². The van der Waals surface area contributed by atoms with Crippen molar-refractivity contribution in [2.45, 2.75) is 77.0 Å². The molecular formula is C33H34F6O. The summed E-state index contributed by atoms with van der Waals surface area (Å²) in [5.74, 6) is -5.44. The highest BCUT2D eigenvalue weighted by Crippen LogP contribution is 2.47. The fraction of sp³-hybridized carbons (Fsp3) is 0.455. The van der Waals surface area contributed by atoms with Gasteiger partial charge >= 0.3 is 0 Å². The normalized spacial score (nSPS) is 23.3. The van der Waals surface area contributed by atoms with Gasteiger partial charge in [0.2, 0.25) is 5.82 Å². The van der Waals surface area contributed by atoms with Crippen LogP contribution in [0.2, 0.25) is 0 Å². The minimum Gasteiger partial charge on any atom is -0.491 e. The summed E-state index contributed by atoms with van der Waals surface area (Å²) in [7, 11) is 0. The van der Waals surface area contributed by atoms with Crippen molar-refractivity contribution in [3.63, 3.8) is 0 Å². The summed E-state index contributed by atoms with van der Waals surface area (Å²) in [4.78, 5) is 0. The predicted molar refractivity (Wildman–Crippen MR) is 143 cm³/mol. The highest BCUT2D eigenvalue weighted by Gasteiger charge is 2.34. The third-order valence-electron chi connectivity index (χ3n) is 9.14. The Kier molecular flexibility index (Phi) is 8.48. The second kappa shape index (κ2) is 11.9. The molecule has 0 saturated heterocycles. The van der Waals surface area contributed by atoms with Crippen LogP contribution in [0.15, 0.2) is 36.4 Å². The van der Waals surface area contributed by atoms with E-state index in [2.05, 4.69) is 0 Å². The fourth-order valence-electron chi connectivity index (χ4n) is 6.87. The first kappa shape index (κ1) is 28.6. The summed E-state index contributed by atoms with van der Waals surface area (Å²) in [6.07, 6.45) is 6.60. The summed E-state index contributed by atoms with van der Waals surface area (Å²) in [6.45, 7) is 3.40. The van der Waals surface area contributed by atoms with Gasteiger partial charge in [-0.2, -0.15) is 4.39 Å². The highest BCUT2D eigenvalue weighted by molar-refractivity contribution is 5.66. The number of benzene rings is 3. The molecule has 3 aromatic carbocycles. The monoisotopic (exact) mass is 560 g/mol. The van der Waals surface area contributed by atoms with Crippen LogP contribution in [0, 0.1) is 53.7 Å². The number of aryl methyl sites for hydroxylation is 1. The quantitative estimate of drug-likeness (QED) is 0.273. The minimum atomic E-state index is -1.18. The molecule has 1 nitrogen and oxygen atoms in total. The molecule has 0 aliphatic heterocycles. The van der Waals surface area contributed by atoms with Gasteiger partial charge in [0.05, 0.1) is 6.61 Å². The van der Waals surface area contributed by atoms with Gasteiger partial charge in [-0.3, -0.25) is 0 Å². The number of halogens is 6. The van der Waals surface area contributed by atoms with Gasteiger partial charge in [0.1, 0.15) is 0 Å². The van der Waals surface area contributed by atoms with Crippen LogP contribution in [0.3, 0.4) is 0 Å². The molecule has 0 bridgehead atoms. The molecule has 2 aliphatic rings. The molecule has 3 aromatic rings. The van der Waals surface area contributed by atoms with Crippen molar-refractivity contribution in [1.82, 2.24) is 0 Å². The second-order valence-electron chi connectivity index (χ2n) is 11.3. The lowest BCUT2D eigenvalue weighted by molar-refractivity contribution is 0.175. The molecule has 214 valence electrons. The zero-order chi connectivity index (χ0) is 28.6. The number of hydrogen-bond donors (Lipinski definition) is 0. The SMILES string of the molecule is CCOc1ccc(C2CCC(C3CCC(c4ccc(-c5ccc(C)c(F)c5F)c(F)c4F)CC3)CC2)c(F)c1F. The van der Waals surface area contributed by atoms with Crippen molar-refractivity contribution < 1.29 is 31.1 Å². The molecule has 0 unspecified atom stereocenters. The first-order valence-corrected chi connectivity index (χ1v) is 14.2. The van der Waals surface area contributed by atoms with Gasteiger partial charge in [-0.25, -0.2) is 22.0 Å². The largest absolute Gasteiger partial charge is 0.491 e. The summed E-state index contributed by atoms with van der Waals surface area (Å²) in [6, 6.07) is 8.62. The first-order chi connectivity index (χ1) is 19.2. The Morgan fingerprint density at radius 2 is 1.00 bits per heavy atom. The lowest BCUT2D eigenvalue weighted by Gasteiger charge is -2.38. The van der Waals surface area contributed by atoms with Gasteiger partial charge in [0.25, 0.3) is 0 Å². The van der Waals surface area contributed by atoms with E-state index < -0.39 is 34.9 Å². The average molecular weight is 561 g/mol. The van der Waals surface area contributed by atoms with Crippen molar-refractivity contribution in [2.24, 2.45) is 11.8 Å². The predicted octanol–water partition coefficient (Wildman–Crippen LogP) is 10.1. The third kappa shape index (κ3) is 5.36. The van der Waals surface area contributed by atoms with Crippen molar-refractivity contribution in [3.8, 4) is 16.9 Å². The molecule has 2 aliphatic carbocycles. The Morgan fingerprint density at radius 3 is 1.52 bits per heavy atom. The third-order valence-corrected chi connectivity index (χ3v) is 9.14. The zero-order valence-electron chi connectivity index (χ0n) is 22.8. The Labute approximate surface area is 231 Å². The Hall–Kier alpha value is -2.96. The maximum atomic E-state index is 15.2. The van der Waals surface area contributed by atoms with E-state index in [-0.39, 0.29) is 46.4 Å². The molecule has 0 heterocycles. The summed E-state index contributed by atoms with van der Waals surface area (Å²) in [5.41, 5.74) is 0.216. The average Bonchev–Trinajstić information content (AvgIpc) is 2.97. The van der Waals surface area contributed by atoms with Crippen LogP contribution >= 0.6 is 0 Å². The van der Waals surface area contributed by atoms with Crippen LogP contribution in [0.5, 0.6) is 5.75 Å². The van der Waals surface area contributed by atoms with Crippen LogP contribution in [-0.4, -0.2) is 6.61 Å². The van der Waals surface area contributed by atoms with Gasteiger partial charge in [0, 0.05) is 11.1 Å². The van der Waals surface area contributed by atoms with E-state index in [0.29, 0.717) is 30.2 Å². The van der Waals surface area contributed by atoms with Crippen LogP contribution < -0.4 is 4.74 Å². The van der Waals surface area contributed by atoms with E-state index in [1.807, 2.05) is 0 Å². The van der Waals surface area contributed by atoms with Gasteiger partial charge in [-0.15, -0.1) is 0 Å². The Bertz CT molecular complexity index is 1370. The van der Waals surface area contributed by atoms with Crippen LogP contribution in [0.25, 0.3) is 11.1 Å². The van der Waals surface area contributed by atoms with E-state index in [4.69, 9.17) is 4.74 Å². The van der Waals surface area contributed by atoms with E-state index in [9.17, 15) is 17.6 Å². The topological polar surface area (TPSA) is 9.23 Å². The standard InChI is InChI=1S/C33H34F6O/c1-3-40-27-17-16-24(30(36)33(27)39)22-11-7-20(8-12-22)19-5-9-21(10-6-19)23-14-15-26(32(38)29(23)35)25-13-4-18(2)28(34)31(25)37/h4,13-17,19-22H,3,5-12H2,1-2H3. The van der Waals surface area contributed by atoms with Crippen molar-refractivity contribution in [2.75, 3.05) is 6.61 Å². The minimum absolute atomic E-state index is 0.0276. The lowest BCUT2D eigenvalue weighted by Crippen LogP contribution is -2.25. The van der Waals surface area contributed by atoms with E-state index in [1.165, 1.54) is 37.3 Å². The molecular weight excluding hydrogens is 526 g/mol. The van der Waals surface area contributed by atoms with E-state index in [0.717, 1.165) is 38.5 Å². The first-order valence-electron chi connectivity index (χ1n) is 14.2. The van der Waals surface area contributed by atoms with E-state index >= 15 is 8.78 Å². The number of hydrogen-bond acceptors (Lipinski definition) is 1. The maximum Gasteiger partial charge on any atom is 0.200 e. The van der Waals surface area contributed by atoms with E-state index in [1.54, 1.807) is 13.0 Å². The molecule has 2 fully saturated rings. The van der Waals surface area contributed by atoms with Gasteiger partial charge in [-0.1, -0.05) is 30.3 Å². The number of rotatable bonds is 6. The van der Waals surface area contributed by atoms with Crippen LogP contribution in [-0.2, 0) is 0 Å². The zero-order valence-corrected chi connectivity index (χ0v) is 22.8. The lowest BCUT2D eigenvalue weighted by atomic mass is 9.67. The molecule has 2 saturated carbocycles. The molecule has 0 spiro atoms. The van der Waals surface area contributed by atoms with Gasteiger partial charge in [0.15, 0.2) is 34.8 Å². The second-order valence-corrected chi connectivity index (χ2v) is 11.3. The Morgan fingerprint density at radius 1 is 0.550 bits per heavy atom. The number of ether oxygens (including phenoxy) is 1. The summed E-state index contributed by atoms with van der Waals surface area (Å²) < 4.78 is 92.9. The summed E-state index contributed by atoms with van der Waals surface area (Å²) in [5, 5.41) is 0. The molecule has 0 radical (unpaired) electrons. The highest BCUT2D eigenvalue weighted by atomic mass is 19.2. The van der Waals surface area contributed by atoms with Crippen LogP contribution in [0.1, 0.15) is 86.8 Å². The molecule has 0 amide bonds. The van der Waals surface area contributed by atoms with Crippen molar-refractivity contribution >= 4 is 0 Å². The maximum absolute atomic E-state index is 15.2. The van der Waals surface area contributed by atoms with Crippen molar-refractivity contribution in [1.29, 1.82) is 0 Å². The van der Waals surface area contributed by atoms with Gasteiger partial charge < -0.3 is 4.74 Å². The molecule has 0 atom stereocenters. The molecule has 7 heteroatoms. The molecule has 0 N–H and O–H groups in total. The van der Waals surface area contributed by atoms with Crippen LogP contribution in [0.4, 0.5) is 26.3 Å². The molecule has 0 aromatic heterocycles. The Balaban J connectivity index is 1.20. The molecule has 5 rings (SSSR count).